The molecule has 46 heavy (non-hydrogen) atoms. The van der Waals surface area contributed by atoms with Gasteiger partial charge in [-0.05, 0) is 55.5 Å². The van der Waals surface area contributed by atoms with Gasteiger partial charge < -0.3 is 35.3 Å². The Morgan fingerprint density at radius 2 is 1.39 bits per heavy atom. The maximum absolute atomic E-state index is 10.3. The number of aromatic amines is 1. The summed E-state index contributed by atoms with van der Waals surface area (Å²) in [6.45, 7) is 9.73. The molecular weight excluding hydrogens is 576 g/mol. The Morgan fingerprint density at radius 1 is 0.783 bits per heavy atom. The van der Waals surface area contributed by atoms with Crippen LogP contribution in [0.25, 0.3) is 21.7 Å². The zero-order valence-corrected chi connectivity index (χ0v) is 27.2. The molecule has 4 aromatic carbocycles. The van der Waals surface area contributed by atoms with Crippen LogP contribution in [0.5, 0.6) is 11.5 Å². The van der Waals surface area contributed by atoms with Gasteiger partial charge in [-0.1, -0.05) is 80.6 Å². The molecule has 0 aliphatic rings. The minimum Gasteiger partial charge on any atom is -0.490 e. The predicted molar refractivity (Wildman–Crippen MR) is 185 cm³/mol. The molecule has 1 heterocycles. The summed E-state index contributed by atoms with van der Waals surface area (Å²) in [6.07, 6.45) is 1.72. The van der Waals surface area contributed by atoms with Gasteiger partial charge >= 0.3 is 0 Å². The minimum absolute atomic E-state index is 0.134. The number of H-pyrrole nitrogens is 1. The number of para-hydroxylation sites is 2. The van der Waals surface area contributed by atoms with E-state index in [1.54, 1.807) is 18.2 Å². The number of benzene rings is 4. The Morgan fingerprint density at radius 3 is 2.15 bits per heavy atom. The van der Waals surface area contributed by atoms with Gasteiger partial charge in [0.1, 0.15) is 43.0 Å². The molecule has 0 radical (unpaired) electrons. The summed E-state index contributed by atoms with van der Waals surface area (Å²) in [5.74, 6) is 1.32. The average molecular weight is 623 g/mol. The van der Waals surface area contributed by atoms with Gasteiger partial charge in [-0.3, -0.25) is 0 Å². The SMILES string of the molecule is CC(C)(Cc1c[nH]c2ccccc12)NCC(O)COc1ccccc1C#N.CC(C)NCC(O)COc1cccc2ccccc12. The number of fused-ring (bicyclic) bond motifs is 2. The number of nitrogens with zero attached hydrogens (tertiary/aromatic N) is 1. The lowest BCUT2D eigenvalue weighted by Crippen LogP contribution is -2.46. The lowest BCUT2D eigenvalue weighted by Gasteiger charge is -2.28. The van der Waals surface area contributed by atoms with Gasteiger partial charge in [0.05, 0.1) is 5.56 Å². The number of nitriles is 1. The quantitative estimate of drug-likeness (QED) is 0.103. The van der Waals surface area contributed by atoms with Gasteiger partial charge in [0.2, 0.25) is 0 Å². The van der Waals surface area contributed by atoms with Crippen molar-refractivity contribution in [2.45, 2.75) is 57.9 Å². The fourth-order valence-electron chi connectivity index (χ4n) is 5.08. The molecule has 8 heteroatoms. The van der Waals surface area contributed by atoms with E-state index in [-0.39, 0.29) is 12.1 Å². The van der Waals surface area contributed by atoms with Gasteiger partial charge in [0.15, 0.2) is 0 Å². The van der Waals surface area contributed by atoms with Crippen LogP contribution in [0.4, 0.5) is 0 Å². The molecule has 5 rings (SSSR count). The second-order valence-electron chi connectivity index (χ2n) is 12.4. The molecule has 242 valence electrons. The summed E-state index contributed by atoms with van der Waals surface area (Å²) in [5.41, 5.74) is 2.67. The average Bonchev–Trinajstić information content (AvgIpc) is 3.46. The maximum Gasteiger partial charge on any atom is 0.137 e. The van der Waals surface area contributed by atoms with Crippen LogP contribution >= 0.6 is 0 Å². The first-order chi connectivity index (χ1) is 22.1. The molecule has 0 saturated heterocycles. The highest BCUT2D eigenvalue weighted by atomic mass is 16.5. The summed E-state index contributed by atoms with van der Waals surface area (Å²) in [5, 5.41) is 39.2. The Bertz CT molecular complexity index is 1700. The van der Waals surface area contributed by atoms with Crippen LogP contribution in [-0.4, -0.2) is 65.3 Å². The first-order valence-electron chi connectivity index (χ1n) is 15.8. The second-order valence-corrected chi connectivity index (χ2v) is 12.4. The highest BCUT2D eigenvalue weighted by Crippen LogP contribution is 2.25. The first-order valence-corrected chi connectivity index (χ1v) is 15.8. The lowest BCUT2D eigenvalue weighted by molar-refractivity contribution is 0.0987. The molecule has 5 aromatic rings. The number of nitrogens with one attached hydrogen (secondary N) is 3. The maximum atomic E-state index is 10.3. The van der Waals surface area contributed by atoms with E-state index in [0.717, 1.165) is 28.5 Å². The monoisotopic (exact) mass is 622 g/mol. The van der Waals surface area contributed by atoms with E-state index in [1.165, 1.54) is 10.9 Å². The summed E-state index contributed by atoms with van der Waals surface area (Å²) in [7, 11) is 0. The molecule has 0 aliphatic heterocycles. The van der Waals surface area contributed by atoms with Gasteiger partial charge in [0, 0.05) is 47.2 Å². The third kappa shape index (κ3) is 10.3. The summed E-state index contributed by atoms with van der Waals surface area (Å²) >= 11 is 0. The molecule has 5 N–H and O–H groups in total. The summed E-state index contributed by atoms with van der Waals surface area (Å²) in [4.78, 5) is 3.30. The molecule has 0 fully saturated rings. The number of aromatic nitrogens is 1. The molecular formula is C38H46N4O4. The van der Waals surface area contributed by atoms with E-state index in [1.807, 2.05) is 54.7 Å². The van der Waals surface area contributed by atoms with Crippen LogP contribution in [-0.2, 0) is 6.42 Å². The van der Waals surface area contributed by atoms with Gasteiger partial charge in [-0.15, -0.1) is 0 Å². The van der Waals surface area contributed by atoms with Crippen LogP contribution in [0.2, 0.25) is 0 Å². The fraction of sp³-hybridized carbons (Fsp3) is 0.342. The van der Waals surface area contributed by atoms with Gasteiger partial charge in [-0.25, -0.2) is 0 Å². The van der Waals surface area contributed by atoms with E-state index in [4.69, 9.17) is 14.7 Å². The number of aliphatic hydroxyl groups is 2. The van der Waals surface area contributed by atoms with Crippen molar-refractivity contribution >= 4 is 21.7 Å². The summed E-state index contributed by atoms with van der Waals surface area (Å²) in [6, 6.07) is 31.8. The van der Waals surface area contributed by atoms with Crippen LogP contribution in [0, 0.1) is 11.3 Å². The van der Waals surface area contributed by atoms with Crippen molar-refractivity contribution in [3.8, 4) is 17.6 Å². The third-order valence-corrected chi connectivity index (χ3v) is 7.50. The number of ether oxygens (including phenoxy) is 2. The van der Waals surface area contributed by atoms with E-state index in [9.17, 15) is 10.2 Å². The molecule has 8 nitrogen and oxygen atoms in total. The molecule has 0 bridgehead atoms. The Labute approximate surface area is 272 Å². The number of rotatable bonds is 14. The van der Waals surface area contributed by atoms with Crippen molar-refractivity contribution in [2.75, 3.05) is 26.3 Å². The number of β-amino-alcohol motifs (C(OH)–C–C–N with tert-alkyl or cyclic N) is 1. The first kappa shape index (κ1) is 34.5. The van der Waals surface area contributed by atoms with Crippen molar-refractivity contribution in [1.29, 1.82) is 5.26 Å². The highest BCUT2D eigenvalue weighted by Gasteiger charge is 2.21. The Kier molecular flexibility index (Phi) is 12.6. The van der Waals surface area contributed by atoms with Crippen LogP contribution < -0.4 is 20.1 Å². The number of hydrogen-bond acceptors (Lipinski definition) is 7. The Hall–Kier alpha value is -4.39. The van der Waals surface area contributed by atoms with Crippen molar-refractivity contribution in [2.24, 2.45) is 0 Å². The molecule has 2 unspecified atom stereocenters. The van der Waals surface area contributed by atoms with Crippen molar-refractivity contribution < 1.29 is 19.7 Å². The number of aliphatic hydroxyl groups excluding tert-OH is 2. The minimum atomic E-state index is -0.668. The molecule has 0 aliphatic carbocycles. The highest BCUT2D eigenvalue weighted by molar-refractivity contribution is 5.88. The molecule has 1 aromatic heterocycles. The fourth-order valence-corrected chi connectivity index (χ4v) is 5.08. The zero-order chi connectivity index (χ0) is 32.9. The van der Waals surface area contributed by atoms with Crippen molar-refractivity contribution in [1.82, 2.24) is 15.6 Å². The standard InChI is InChI=1S/C22H25N3O2.C16H21NO2/c1-22(2,11-17-13-24-20-9-5-4-8-19(17)20)25-14-18(26)15-27-21-10-6-3-7-16(21)12-23;1-12(2)17-10-14(18)11-19-16-9-5-7-13-6-3-4-8-15(13)16/h3-10,13,18,24-26H,11,14-15H2,1-2H3;3-9,12,14,17-18H,10-11H2,1-2H3. The molecule has 2 atom stereocenters. The van der Waals surface area contributed by atoms with Crippen molar-refractivity contribution in [3.05, 3.63) is 108 Å². The van der Waals surface area contributed by atoms with Crippen molar-refractivity contribution in [3.63, 3.8) is 0 Å². The van der Waals surface area contributed by atoms with E-state index in [2.05, 4.69) is 73.6 Å². The smallest absolute Gasteiger partial charge is 0.137 e. The third-order valence-electron chi connectivity index (χ3n) is 7.50. The van der Waals surface area contributed by atoms with E-state index >= 15 is 0 Å². The molecule has 0 saturated carbocycles. The number of hydrogen-bond donors (Lipinski definition) is 5. The largest absolute Gasteiger partial charge is 0.490 e. The van der Waals surface area contributed by atoms with Crippen LogP contribution in [0.15, 0.2) is 97.2 Å². The normalized spacial score (nSPS) is 12.7. The second kappa shape index (κ2) is 16.8. The van der Waals surface area contributed by atoms with Crippen LogP contribution in [0.3, 0.4) is 0 Å². The van der Waals surface area contributed by atoms with Gasteiger partial charge in [0.25, 0.3) is 0 Å². The molecule has 0 amide bonds. The topological polar surface area (TPSA) is 123 Å². The summed E-state index contributed by atoms with van der Waals surface area (Å²) < 4.78 is 11.3. The van der Waals surface area contributed by atoms with E-state index in [0.29, 0.717) is 37.1 Å². The lowest BCUT2D eigenvalue weighted by atomic mass is 9.94. The van der Waals surface area contributed by atoms with Gasteiger partial charge in [-0.2, -0.15) is 5.26 Å². The Balaban J connectivity index is 0.000000222. The molecule has 0 spiro atoms. The van der Waals surface area contributed by atoms with Crippen LogP contribution in [0.1, 0.15) is 38.8 Å². The zero-order valence-electron chi connectivity index (χ0n) is 27.2. The van der Waals surface area contributed by atoms with E-state index < -0.39 is 12.2 Å². The predicted octanol–water partition coefficient (Wildman–Crippen LogP) is 5.97.